The van der Waals surface area contributed by atoms with Gasteiger partial charge in [0.1, 0.15) is 5.75 Å². The third kappa shape index (κ3) is 4.21. The van der Waals surface area contributed by atoms with Crippen LogP contribution in [0.1, 0.15) is 63.6 Å². The Morgan fingerprint density at radius 3 is 2.81 bits per heavy atom. The first kappa shape index (κ1) is 16.3. The standard InChI is InChI=1S/C18H30N2O/c1-4-17-8-6-7-11-20(17)13-16-12-15(14(3)19)9-10-18(16)21-5-2/h9-10,12,14,17H,4-8,11,13,19H2,1-3H3. The largest absolute Gasteiger partial charge is 0.494 e. The number of nitrogens with two attached hydrogens (primary N) is 1. The van der Waals surface area contributed by atoms with E-state index in [-0.39, 0.29) is 6.04 Å². The van der Waals surface area contributed by atoms with Crippen LogP contribution in [0.3, 0.4) is 0 Å². The van der Waals surface area contributed by atoms with Gasteiger partial charge in [-0.3, -0.25) is 4.90 Å². The van der Waals surface area contributed by atoms with Crippen molar-refractivity contribution in [2.24, 2.45) is 5.73 Å². The highest BCUT2D eigenvalue weighted by Gasteiger charge is 2.22. The number of ether oxygens (including phenoxy) is 1. The first-order valence-electron chi connectivity index (χ1n) is 8.41. The van der Waals surface area contributed by atoms with Crippen molar-refractivity contribution in [3.8, 4) is 5.75 Å². The Balaban J connectivity index is 2.20. The average molecular weight is 290 g/mol. The number of piperidine rings is 1. The summed E-state index contributed by atoms with van der Waals surface area (Å²) in [5, 5.41) is 0. The molecule has 21 heavy (non-hydrogen) atoms. The number of rotatable bonds is 6. The molecule has 2 unspecified atom stereocenters. The molecule has 1 saturated heterocycles. The highest BCUT2D eigenvalue weighted by molar-refractivity contribution is 5.38. The molecule has 3 nitrogen and oxygen atoms in total. The molecule has 1 aromatic rings. The molecule has 0 spiro atoms. The smallest absolute Gasteiger partial charge is 0.123 e. The van der Waals surface area contributed by atoms with Crippen LogP contribution in [0.15, 0.2) is 18.2 Å². The molecule has 1 aromatic carbocycles. The Morgan fingerprint density at radius 1 is 1.33 bits per heavy atom. The van der Waals surface area contributed by atoms with Gasteiger partial charge >= 0.3 is 0 Å². The summed E-state index contributed by atoms with van der Waals surface area (Å²) in [4.78, 5) is 2.62. The van der Waals surface area contributed by atoms with Crippen LogP contribution in [0, 0.1) is 0 Å². The van der Waals surface area contributed by atoms with Crippen molar-refractivity contribution in [1.29, 1.82) is 0 Å². The fourth-order valence-corrected chi connectivity index (χ4v) is 3.25. The van der Waals surface area contributed by atoms with Gasteiger partial charge in [-0.15, -0.1) is 0 Å². The summed E-state index contributed by atoms with van der Waals surface area (Å²) >= 11 is 0. The van der Waals surface area contributed by atoms with E-state index in [1.54, 1.807) is 0 Å². The van der Waals surface area contributed by atoms with Crippen molar-refractivity contribution in [3.63, 3.8) is 0 Å². The summed E-state index contributed by atoms with van der Waals surface area (Å²) in [7, 11) is 0. The minimum absolute atomic E-state index is 0.0720. The lowest BCUT2D eigenvalue weighted by molar-refractivity contribution is 0.134. The SMILES string of the molecule is CCOc1ccc(C(C)N)cc1CN1CCCCC1CC. The second-order valence-electron chi connectivity index (χ2n) is 6.12. The van der Waals surface area contributed by atoms with E-state index >= 15 is 0 Å². The predicted molar refractivity (Wildman–Crippen MR) is 88.6 cm³/mol. The van der Waals surface area contributed by atoms with Crippen LogP contribution in [-0.2, 0) is 6.54 Å². The van der Waals surface area contributed by atoms with Crippen molar-refractivity contribution in [2.45, 2.75) is 65.1 Å². The second-order valence-corrected chi connectivity index (χ2v) is 6.12. The van der Waals surface area contributed by atoms with E-state index in [0.717, 1.165) is 12.3 Å². The second kappa shape index (κ2) is 7.81. The molecular weight excluding hydrogens is 260 g/mol. The molecule has 3 heteroatoms. The molecular formula is C18H30N2O. The van der Waals surface area contributed by atoms with Gasteiger partial charge in [-0.05, 0) is 57.4 Å². The summed E-state index contributed by atoms with van der Waals surface area (Å²) in [6, 6.07) is 7.20. The molecule has 1 fully saturated rings. The van der Waals surface area contributed by atoms with Gasteiger partial charge in [-0.2, -0.15) is 0 Å². The monoisotopic (exact) mass is 290 g/mol. The molecule has 1 aliphatic rings. The van der Waals surface area contributed by atoms with Gasteiger partial charge in [0.15, 0.2) is 0 Å². The van der Waals surface area contributed by atoms with Crippen LogP contribution in [-0.4, -0.2) is 24.1 Å². The fourth-order valence-electron chi connectivity index (χ4n) is 3.25. The lowest BCUT2D eigenvalue weighted by atomic mass is 9.98. The van der Waals surface area contributed by atoms with Crippen molar-refractivity contribution in [2.75, 3.05) is 13.2 Å². The number of likely N-dealkylation sites (tertiary alicyclic amines) is 1. The van der Waals surface area contributed by atoms with Crippen LogP contribution in [0.2, 0.25) is 0 Å². The Bertz CT molecular complexity index is 445. The molecule has 0 aromatic heterocycles. The van der Waals surface area contributed by atoms with Gasteiger partial charge in [0.25, 0.3) is 0 Å². The van der Waals surface area contributed by atoms with Crippen LogP contribution in [0.5, 0.6) is 5.75 Å². The molecule has 2 atom stereocenters. The third-order valence-electron chi connectivity index (χ3n) is 4.50. The first-order valence-corrected chi connectivity index (χ1v) is 8.41. The quantitative estimate of drug-likeness (QED) is 0.864. The van der Waals surface area contributed by atoms with Crippen molar-refractivity contribution >= 4 is 0 Å². The molecule has 1 heterocycles. The number of nitrogens with zero attached hydrogens (tertiary/aromatic N) is 1. The topological polar surface area (TPSA) is 38.5 Å². The zero-order chi connectivity index (χ0) is 15.2. The molecule has 118 valence electrons. The molecule has 0 bridgehead atoms. The Labute approximate surface area is 129 Å². The van der Waals surface area contributed by atoms with Crippen molar-refractivity contribution < 1.29 is 4.74 Å². The molecule has 2 N–H and O–H groups in total. The van der Waals surface area contributed by atoms with E-state index in [2.05, 4.69) is 30.0 Å². The number of hydrogen-bond donors (Lipinski definition) is 1. The van der Waals surface area contributed by atoms with E-state index in [1.165, 1.54) is 43.4 Å². The summed E-state index contributed by atoms with van der Waals surface area (Å²) in [6.45, 7) is 9.27. The Morgan fingerprint density at radius 2 is 2.14 bits per heavy atom. The van der Waals surface area contributed by atoms with E-state index in [4.69, 9.17) is 10.5 Å². The van der Waals surface area contributed by atoms with E-state index < -0.39 is 0 Å². The zero-order valence-corrected chi connectivity index (χ0v) is 13.8. The van der Waals surface area contributed by atoms with E-state index in [1.807, 2.05) is 13.8 Å². The lowest BCUT2D eigenvalue weighted by Gasteiger charge is -2.35. The maximum Gasteiger partial charge on any atom is 0.123 e. The number of hydrogen-bond acceptors (Lipinski definition) is 3. The summed E-state index contributed by atoms with van der Waals surface area (Å²) in [5.74, 6) is 1.02. The molecule has 0 saturated carbocycles. The van der Waals surface area contributed by atoms with Crippen LogP contribution >= 0.6 is 0 Å². The first-order chi connectivity index (χ1) is 10.2. The molecule has 1 aliphatic heterocycles. The van der Waals surface area contributed by atoms with Gasteiger partial charge in [0.05, 0.1) is 6.61 Å². The maximum absolute atomic E-state index is 6.04. The minimum atomic E-state index is 0.0720. The molecule has 0 aliphatic carbocycles. The lowest BCUT2D eigenvalue weighted by Crippen LogP contribution is -2.38. The van der Waals surface area contributed by atoms with Crippen LogP contribution < -0.4 is 10.5 Å². The summed E-state index contributed by atoms with van der Waals surface area (Å²) in [6.07, 6.45) is 5.24. The fraction of sp³-hybridized carbons (Fsp3) is 0.667. The van der Waals surface area contributed by atoms with Gasteiger partial charge in [0, 0.05) is 24.2 Å². The van der Waals surface area contributed by atoms with Crippen molar-refractivity contribution in [3.05, 3.63) is 29.3 Å². The number of benzene rings is 1. The Kier molecular flexibility index (Phi) is 6.07. The normalized spacial score (nSPS) is 21.2. The van der Waals surface area contributed by atoms with Crippen LogP contribution in [0.25, 0.3) is 0 Å². The molecule has 2 rings (SSSR count). The van der Waals surface area contributed by atoms with Crippen molar-refractivity contribution in [1.82, 2.24) is 4.90 Å². The average Bonchev–Trinajstić information content (AvgIpc) is 2.49. The van der Waals surface area contributed by atoms with Gasteiger partial charge in [0.2, 0.25) is 0 Å². The van der Waals surface area contributed by atoms with Crippen LogP contribution in [0.4, 0.5) is 0 Å². The Hall–Kier alpha value is -1.06. The van der Waals surface area contributed by atoms with Gasteiger partial charge < -0.3 is 10.5 Å². The zero-order valence-electron chi connectivity index (χ0n) is 13.8. The van der Waals surface area contributed by atoms with E-state index in [0.29, 0.717) is 12.6 Å². The highest BCUT2D eigenvalue weighted by Crippen LogP contribution is 2.28. The molecule has 0 radical (unpaired) electrons. The summed E-state index contributed by atoms with van der Waals surface area (Å²) < 4.78 is 5.81. The summed E-state index contributed by atoms with van der Waals surface area (Å²) in [5.41, 5.74) is 8.52. The van der Waals surface area contributed by atoms with Gasteiger partial charge in [-0.25, -0.2) is 0 Å². The van der Waals surface area contributed by atoms with Gasteiger partial charge in [-0.1, -0.05) is 19.4 Å². The highest BCUT2D eigenvalue weighted by atomic mass is 16.5. The third-order valence-corrected chi connectivity index (χ3v) is 4.50. The van der Waals surface area contributed by atoms with E-state index in [9.17, 15) is 0 Å². The molecule has 0 amide bonds. The minimum Gasteiger partial charge on any atom is -0.494 e. The maximum atomic E-state index is 6.04. The predicted octanol–water partition coefficient (Wildman–Crippen LogP) is 3.87.